The molecule has 1 aromatic heterocycles. The Balaban J connectivity index is 1.63. The minimum atomic E-state index is 0.0582. The summed E-state index contributed by atoms with van der Waals surface area (Å²) in [7, 11) is 0. The first kappa shape index (κ1) is 14.0. The Hall–Kier alpha value is -0.940. The van der Waals surface area contributed by atoms with E-state index >= 15 is 0 Å². The molecule has 0 aromatic carbocycles. The molecular weight excluding hydrogens is 270 g/mol. The van der Waals surface area contributed by atoms with E-state index in [9.17, 15) is 4.79 Å². The first-order valence-electron chi connectivity index (χ1n) is 7.65. The zero-order chi connectivity index (χ0) is 14.0. The van der Waals surface area contributed by atoms with Gasteiger partial charge < -0.3 is 10.6 Å². The van der Waals surface area contributed by atoms with Gasteiger partial charge >= 0.3 is 0 Å². The molecule has 1 amide bonds. The maximum absolute atomic E-state index is 12.3. The minimum Gasteiger partial charge on any atom is -0.348 e. The smallest absolute Gasteiger partial charge is 0.263 e. The van der Waals surface area contributed by atoms with Gasteiger partial charge in [-0.05, 0) is 39.2 Å². The number of hydrogen-bond acceptors (Lipinski definition) is 4. The number of nitrogens with zero attached hydrogens (tertiary/aromatic N) is 1. The van der Waals surface area contributed by atoms with Crippen LogP contribution in [0.5, 0.6) is 0 Å². The van der Waals surface area contributed by atoms with E-state index < -0.39 is 0 Å². The number of hydrogen-bond donors (Lipinski definition) is 2. The normalized spacial score (nSPS) is 25.6. The van der Waals surface area contributed by atoms with Gasteiger partial charge in [-0.2, -0.15) is 0 Å². The summed E-state index contributed by atoms with van der Waals surface area (Å²) in [5, 5.41) is 6.95. The Kier molecular flexibility index (Phi) is 4.08. The molecule has 2 fully saturated rings. The number of carbonyl (C=O) groups is 1. The van der Waals surface area contributed by atoms with Gasteiger partial charge in [-0.1, -0.05) is 19.3 Å². The van der Waals surface area contributed by atoms with Crippen molar-refractivity contribution in [1.82, 2.24) is 15.6 Å². The van der Waals surface area contributed by atoms with Crippen LogP contribution < -0.4 is 10.6 Å². The molecule has 1 spiro atoms. The Morgan fingerprint density at radius 2 is 2.25 bits per heavy atom. The summed E-state index contributed by atoms with van der Waals surface area (Å²) < 4.78 is 0. The van der Waals surface area contributed by atoms with Crippen molar-refractivity contribution < 1.29 is 4.79 Å². The third-order valence-corrected chi connectivity index (χ3v) is 5.65. The van der Waals surface area contributed by atoms with Crippen LogP contribution in [0, 0.1) is 6.92 Å². The number of aryl methyl sites for hydroxylation is 1. The van der Waals surface area contributed by atoms with E-state index in [0.717, 1.165) is 30.0 Å². The number of piperidine rings is 1. The number of nitrogens with one attached hydrogen (secondary N) is 2. The van der Waals surface area contributed by atoms with Gasteiger partial charge in [0.2, 0.25) is 0 Å². The lowest BCUT2D eigenvalue weighted by atomic mass is 9.75. The average Bonchev–Trinajstić information content (AvgIpc) is 2.86. The summed E-state index contributed by atoms with van der Waals surface area (Å²) >= 11 is 1.43. The fourth-order valence-corrected chi connectivity index (χ4v) is 4.37. The molecule has 2 heterocycles. The maximum atomic E-state index is 12.3. The molecule has 4 nitrogen and oxygen atoms in total. The van der Waals surface area contributed by atoms with Crippen molar-refractivity contribution in [2.45, 2.75) is 63.5 Å². The van der Waals surface area contributed by atoms with Crippen LogP contribution in [-0.2, 0) is 0 Å². The lowest BCUT2D eigenvalue weighted by molar-refractivity contribution is 0.0896. The molecule has 5 heteroatoms. The Bertz CT molecular complexity index is 474. The Labute approximate surface area is 124 Å². The van der Waals surface area contributed by atoms with E-state index in [4.69, 9.17) is 0 Å². The maximum Gasteiger partial charge on any atom is 0.263 e. The molecule has 1 saturated carbocycles. The molecule has 1 aliphatic heterocycles. The highest BCUT2D eigenvalue weighted by molar-refractivity contribution is 7.11. The van der Waals surface area contributed by atoms with Crippen molar-refractivity contribution in [3.8, 4) is 0 Å². The van der Waals surface area contributed by atoms with Crippen LogP contribution in [-0.4, -0.2) is 29.0 Å². The molecule has 110 valence electrons. The van der Waals surface area contributed by atoms with E-state index in [-0.39, 0.29) is 11.4 Å². The minimum absolute atomic E-state index is 0.0582. The lowest BCUT2D eigenvalue weighted by Crippen LogP contribution is -2.57. The van der Waals surface area contributed by atoms with Crippen LogP contribution in [0.25, 0.3) is 0 Å². The Morgan fingerprint density at radius 1 is 1.45 bits per heavy atom. The number of rotatable bonds is 2. The molecule has 2 N–H and O–H groups in total. The van der Waals surface area contributed by atoms with Crippen molar-refractivity contribution in [3.63, 3.8) is 0 Å². The van der Waals surface area contributed by atoms with Crippen LogP contribution in [0.1, 0.15) is 60.3 Å². The van der Waals surface area contributed by atoms with Gasteiger partial charge in [-0.3, -0.25) is 4.79 Å². The first-order chi connectivity index (χ1) is 9.69. The van der Waals surface area contributed by atoms with E-state index in [2.05, 4.69) is 15.6 Å². The standard InChI is InChI=1S/C15H23N3OS/c1-11-13(20-10-16-11)14(19)18-12-5-8-17-15(9-12)6-3-2-4-7-15/h10,12,17H,2-9H2,1H3,(H,18,19). The van der Waals surface area contributed by atoms with Gasteiger partial charge in [0.25, 0.3) is 5.91 Å². The number of aromatic nitrogens is 1. The highest BCUT2D eigenvalue weighted by atomic mass is 32.1. The zero-order valence-electron chi connectivity index (χ0n) is 12.1. The second kappa shape index (κ2) is 5.82. The highest BCUT2D eigenvalue weighted by Crippen LogP contribution is 2.34. The van der Waals surface area contributed by atoms with Gasteiger partial charge in [-0.25, -0.2) is 4.98 Å². The van der Waals surface area contributed by atoms with E-state index in [1.807, 2.05) is 6.92 Å². The second-order valence-electron chi connectivity index (χ2n) is 6.20. The second-order valence-corrected chi connectivity index (χ2v) is 7.05. The highest BCUT2D eigenvalue weighted by Gasteiger charge is 2.37. The molecule has 1 atom stereocenters. The Morgan fingerprint density at radius 3 is 2.95 bits per heavy atom. The fraction of sp³-hybridized carbons (Fsp3) is 0.733. The third kappa shape index (κ3) is 2.88. The lowest BCUT2D eigenvalue weighted by Gasteiger charge is -2.44. The molecule has 1 aromatic rings. The molecule has 1 unspecified atom stereocenters. The van der Waals surface area contributed by atoms with Crippen LogP contribution >= 0.6 is 11.3 Å². The van der Waals surface area contributed by atoms with Crippen LogP contribution in [0.4, 0.5) is 0 Å². The fourth-order valence-electron chi connectivity index (χ4n) is 3.66. The average molecular weight is 293 g/mol. The molecule has 0 radical (unpaired) electrons. The number of amides is 1. The summed E-state index contributed by atoms with van der Waals surface area (Å²) in [4.78, 5) is 17.2. The van der Waals surface area contributed by atoms with Crippen molar-refractivity contribution in [3.05, 3.63) is 16.1 Å². The van der Waals surface area contributed by atoms with Gasteiger partial charge in [0.1, 0.15) is 4.88 Å². The molecule has 20 heavy (non-hydrogen) atoms. The summed E-state index contributed by atoms with van der Waals surface area (Å²) in [6, 6.07) is 0.309. The van der Waals surface area contributed by atoms with Crippen LogP contribution in [0.15, 0.2) is 5.51 Å². The molecule has 1 saturated heterocycles. The predicted molar refractivity (Wildman–Crippen MR) is 81.2 cm³/mol. The predicted octanol–water partition coefficient (Wildman–Crippen LogP) is 2.64. The molecule has 0 bridgehead atoms. The van der Waals surface area contributed by atoms with E-state index in [1.165, 1.54) is 43.4 Å². The first-order valence-corrected chi connectivity index (χ1v) is 8.52. The van der Waals surface area contributed by atoms with Gasteiger partial charge in [-0.15, -0.1) is 11.3 Å². The van der Waals surface area contributed by atoms with E-state index in [1.54, 1.807) is 5.51 Å². The summed E-state index contributed by atoms with van der Waals surface area (Å²) in [6.45, 7) is 2.92. The molecule has 1 aliphatic carbocycles. The zero-order valence-corrected chi connectivity index (χ0v) is 12.9. The summed E-state index contributed by atoms with van der Waals surface area (Å²) in [6.07, 6.45) is 8.64. The van der Waals surface area contributed by atoms with Gasteiger partial charge in [0.15, 0.2) is 0 Å². The van der Waals surface area contributed by atoms with Crippen molar-refractivity contribution in [1.29, 1.82) is 0 Å². The molecular formula is C15H23N3OS. The SMILES string of the molecule is Cc1ncsc1C(=O)NC1CCNC2(CCCCC2)C1. The van der Waals surface area contributed by atoms with Gasteiger partial charge in [0, 0.05) is 11.6 Å². The van der Waals surface area contributed by atoms with Crippen molar-refractivity contribution in [2.75, 3.05) is 6.54 Å². The summed E-state index contributed by atoms with van der Waals surface area (Å²) in [5.41, 5.74) is 2.88. The molecule has 2 aliphatic rings. The van der Waals surface area contributed by atoms with Crippen LogP contribution in [0.3, 0.4) is 0 Å². The van der Waals surface area contributed by atoms with Crippen LogP contribution in [0.2, 0.25) is 0 Å². The van der Waals surface area contributed by atoms with Crippen molar-refractivity contribution in [2.24, 2.45) is 0 Å². The topological polar surface area (TPSA) is 54.0 Å². The quantitative estimate of drug-likeness (QED) is 0.881. The number of carbonyl (C=O) groups excluding carboxylic acids is 1. The molecule has 3 rings (SSSR count). The third-order valence-electron chi connectivity index (χ3n) is 4.73. The van der Waals surface area contributed by atoms with Gasteiger partial charge in [0.05, 0.1) is 11.2 Å². The van der Waals surface area contributed by atoms with Crippen molar-refractivity contribution >= 4 is 17.2 Å². The number of thiazole rings is 1. The largest absolute Gasteiger partial charge is 0.348 e. The van der Waals surface area contributed by atoms with E-state index in [0.29, 0.717) is 6.04 Å². The monoisotopic (exact) mass is 293 g/mol. The summed E-state index contributed by atoms with van der Waals surface area (Å²) in [5.74, 6) is 0.0582.